The zero-order valence-corrected chi connectivity index (χ0v) is 14.0. The van der Waals surface area contributed by atoms with Gasteiger partial charge in [0.25, 0.3) is 5.91 Å². The van der Waals surface area contributed by atoms with Crippen molar-refractivity contribution in [2.45, 2.75) is 0 Å². The first-order chi connectivity index (χ1) is 13.1. The maximum absolute atomic E-state index is 12.5. The van der Waals surface area contributed by atoms with E-state index in [-0.39, 0.29) is 11.1 Å². The third kappa shape index (κ3) is 3.28. The maximum atomic E-state index is 12.5. The van der Waals surface area contributed by atoms with Crippen molar-refractivity contribution in [3.63, 3.8) is 0 Å². The number of fused-ring (bicyclic) bond motifs is 1. The Morgan fingerprint density at radius 1 is 0.889 bits per heavy atom. The highest BCUT2D eigenvalue weighted by Crippen LogP contribution is 2.26. The number of aromatic carboxylic acids is 1. The van der Waals surface area contributed by atoms with Crippen molar-refractivity contribution >= 4 is 28.7 Å². The first-order valence-corrected chi connectivity index (χ1v) is 8.21. The summed E-state index contributed by atoms with van der Waals surface area (Å²) in [4.78, 5) is 28.3. The van der Waals surface area contributed by atoms with Crippen LogP contribution >= 0.6 is 0 Å². The molecule has 0 aliphatic carbocycles. The second-order valence-electron chi connectivity index (χ2n) is 5.87. The molecule has 0 aliphatic rings. The number of carbonyl (C=O) groups is 2. The quantitative estimate of drug-likeness (QED) is 0.562. The van der Waals surface area contributed by atoms with Gasteiger partial charge in [0.15, 0.2) is 5.58 Å². The number of carboxylic acid groups (broad SMARTS) is 1. The summed E-state index contributed by atoms with van der Waals surface area (Å²) in [7, 11) is 0. The van der Waals surface area contributed by atoms with Crippen molar-refractivity contribution in [1.82, 2.24) is 4.98 Å². The van der Waals surface area contributed by atoms with Gasteiger partial charge in [0, 0.05) is 11.3 Å². The fourth-order valence-corrected chi connectivity index (χ4v) is 2.79. The van der Waals surface area contributed by atoms with E-state index in [9.17, 15) is 14.7 Å². The van der Waals surface area contributed by atoms with Crippen molar-refractivity contribution in [2.75, 3.05) is 5.32 Å². The van der Waals surface area contributed by atoms with Gasteiger partial charge in [0.05, 0.1) is 11.1 Å². The molecular formula is C21H14N2O4. The predicted octanol–water partition coefficient (Wildman–Crippen LogP) is 4.45. The Kier molecular flexibility index (Phi) is 4.14. The molecular weight excluding hydrogens is 344 g/mol. The van der Waals surface area contributed by atoms with Gasteiger partial charge in [0.1, 0.15) is 5.52 Å². The molecule has 1 amide bonds. The predicted molar refractivity (Wildman–Crippen MR) is 101 cm³/mol. The molecule has 3 aromatic carbocycles. The molecule has 4 aromatic rings. The van der Waals surface area contributed by atoms with Gasteiger partial charge in [-0.15, -0.1) is 0 Å². The van der Waals surface area contributed by atoms with Gasteiger partial charge in [-0.05, 0) is 42.5 Å². The lowest BCUT2D eigenvalue weighted by Crippen LogP contribution is -2.16. The number of nitrogens with zero attached hydrogens (tertiary/aromatic N) is 1. The Morgan fingerprint density at radius 2 is 1.63 bits per heavy atom. The van der Waals surface area contributed by atoms with Crippen LogP contribution in [-0.4, -0.2) is 22.0 Å². The zero-order valence-electron chi connectivity index (χ0n) is 14.0. The molecule has 27 heavy (non-hydrogen) atoms. The van der Waals surface area contributed by atoms with E-state index in [0.29, 0.717) is 22.7 Å². The fourth-order valence-electron chi connectivity index (χ4n) is 2.79. The lowest BCUT2D eigenvalue weighted by molar-refractivity contribution is 0.0692. The third-order valence-corrected chi connectivity index (χ3v) is 4.06. The second-order valence-corrected chi connectivity index (χ2v) is 5.87. The Hall–Kier alpha value is -3.93. The SMILES string of the molecule is O=C(O)c1ccccc1C(=O)Nc1cccc(-c2nc3ccccc3o2)c1. The van der Waals surface area contributed by atoms with Gasteiger partial charge in [-0.3, -0.25) is 4.79 Å². The minimum Gasteiger partial charge on any atom is -0.478 e. The summed E-state index contributed by atoms with van der Waals surface area (Å²) in [5.74, 6) is -1.21. The molecule has 0 aliphatic heterocycles. The van der Waals surface area contributed by atoms with Crippen LogP contribution in [-0.2, 0) is 0 Å². The number of anilines is 1. The van der Waals surface area contributed by atoms with Crippen LogP contribution in [0.3, 0.4) is 0 Å². The zero-order chi connectivity index (χ0) is 18.8. The molecule has 1 heterocycles. The highest BCUT2D eigenvalue weighted by molar-refractivity contribution is 6.10. The molecule has 0 saturated heterocycles. The van der Waals surface area contributed by atoms with E-state index < -0.39 is 11.9 Å². The lowest BCUT2D eigenvalue weighted by atomic mass is 10.1. The number of nitrogens with one attached hydrogen (secondary N) is 1. The van der Waals surface area contributed by atoms with Gasteiger partial charge < -0.3 is 14.8 Å². The van der Waals surface area contributed by atoms with Gasteiger partial charge in [0.2, 0.25) is 5.89 Å². The van der Waals surface area contributed by atoms with Crippen LogP contribution in [0.4, 0.5) is 5.69 Å². The van der Waals surface area contributed by atoms with Crippen LogP contribution in [0.15, 0.2) is 77.2 Å². The largest absolute Gasteiger partial charge is 0.478 e. The minimum absolute atomic E-state index is 0.0508. The van der Waals surface area contributed by atoms with E-state index >= 15 is 0 Å². The number of carboxylic acids is 1. The molecule has 132 valence electrons. The number of oxazole rings is 1. The Labute approximate surface area is 154 Å². The minimum atomic E-state index is -1.15. The maximum Gasteiger partial charge on any atom is 0.336 e. The van der Waals surface area contributed by atoms with Crippen molar-refractivity contribution in [3.05, 3.63) is 83.9 Å². The van der Waals surface area contributed by atoms with Crippen molar-refractivity contribution in [3.8, 4) is 11.5 Å². The summed E-state index contributed by atoms with van der Waals surface area (Å²) < 4.78 is 5.75. The summed E-state index contributed by atoms with van der Waals surface area (Å²) in [6.45, 7) is 0. The molecule has 2 N–H and O–H groups in total. The van der Waals surface area contributed by atoms with Crippen LogP contribution in [0.2, 0.25) is 0 Å². The molecule has 0 bridgehead atoms. The van der Waals surface area contributed by atoms with Crippen LogP contribution in [0.25, 0.3) is 22.6 Å². The summed E-state index contributed by atoms with van der Waals surface area (Å²) in [5.41, 5.74) is 2.69. The van der Waals surface area contributed by atoms with E-state index in [1.807, 2.05) is 30.3 Å². The van der Waals surface area contributed by atoms with E-state index in [0.717, 1.165) is 5.52 Å². The molecule has 6 nitrogen and oxygen atoms in total. The fraction of sp³-hybridized carbons (Fsp3) is 0. The van der Waals surface area contributed by atoms with Crippen molar-refractivity contribution in [1.29, 1.82) is 0 Å². The van der Waals surface area contributed by atoms with Gasteiger partial charge >= 0.3 is 5.97 Å². The molecule has 4 rings (SSSR count). The summed E-state index contributed by atoms with van der Waals surface area (Å²) in [6, 6.07) is 20.5. The highest BCUT2D eigenvalue weighted by Gasteiger charge is 2.16. The molecule has 0 unspecified atom stereocenters. The standard InChI is InChI=1S/C21H14N2O4/c24-19(15-8-1-2-9-16(15)21(25)26)22-14-7-5-6-13(12-14)20-23-17-10-3-4-11-18(17)27-20/h1-12H,(H,22,24)(H,25,26). The lowest BCUT2D eigenvalue weighted by Gasteiger charge is -2.08. The van der Waals surface area contributed by atoms with E-state index in [1.165, 1.54) is 12.1 Å². The number of aromatic nitrogens is 1. The van der Waals surface area contributed by atoms with Crippen LogP contribution in [0, 0.1) is 0 Å². The van der Waals surface area contributed by atoms with Gasteiger partial charge in [-0.25, -0.2) is 9.78 Å². The first kappa shape index (κ1) is 16.5. The van der Waals surface area contributed by atoms with Crippen LogP contribution < -0.4 is 5.32 Å². The third-order valence-electron chi connectivity index (χ3n) is 4.06. The second kappa shape index (κ2) is 6.76. The van der Waals surface area contributed by atoms with E-state index in [4.69, 9.17) is 4.42 Å². The van der Waals surface area contributed by atoms with E-state index in [1.54, 1.807) is 30.3 Å². The van der Waals surface area contributed by atoms with E-state index in [2.05, 4.69) is 10.3 Å². The number of carbonyl (C=O) groups excluding carboxylic acids is 1. The topological polar surface area (TPSA) is 92.4 Å². The number of amides is 1. The van der Waals surface area contributed by atoms with Crippen molar-refractivity contribution in [2.24, 2.45) is 0 Å². The molecule has 6 heteroatoms. The summed E-state index contributed by atoms with van der Waals surface area (Å²) in [6.07, 6.45) is 0. The van der Waals surface area contributed by atoms with Crippen molar-refractivity contribution < 1.29 is 19.1 Å². The molecule has 0 spiro atoms. The summed E-state index contributed by atoms with van der Waals surface area (Å²) in [5, 5.41) is 12.0. The number of benzene rings is 3. The smallest absolute Gasteiger partial charge is 0.336 e. The molecule has 0 atom stereocenters. The average molecular weight is 358 g/mol. The van der Waals surface area contributed by atoms with Gasteiger partial charge in [-0.1, -0.05) is 30.3 Å². The first-order valence-electron chi connectivity index (χ1n) is 8.21. The molecule has 0 radical (unpaired) electrons. The number of para-hydroxylation sites is 2. The molecule has 1 aromatic heterocycles. The normalized spacial score (nSPS) is 10.7. The number of hydrogen-bond acceptors (Lipinski definition) is 4. The monoisotopic (exact) mass is 358 g/mol. The summed E-state index contributed by atoms with van der Waals surface area (Å²) >= 11 is 0. The Bertz CT molecular complexity index is 1130. The molecule has 0 fully saturated rings. The highest BCUT2D eigenvalue weighted by atomic mass is 16.4. The van der Waals surface area contributed by atoms with Crippen LogP contribution in [0.5, 0.6) is 0 Å². The molecule has 0 saturated carbocycles. The number of hydrogen-bond donors (Lipinski definition) is 2. The average Bonchev–Trinajstić information content (AvgIpc) is 3.12. The number of rotatable bonds is 4. The van der Waals surface area contributed by atoms with Gasteiger partial charge in [-0.2, -0.15) is 0 Å². The van der Waals surface area contributed by atoms with Crippen LogP contribution in [0.1, 0.15) is 20.7 Å². The Morgan fingerprint density at radius 3 is 2.41 bits per heavy atom. The Balaban J connectivity index is 1.63.